The van der Waals surface area contributed by atoms with E-state index in [0.29, 0.717) is 5.01 Å². The Balaban J connectivity index is 2.78. The predicted octanol–water partition coefficient (Wildman–Crippen LogP) is 0.480. The third-order valence-electron chi connectivity index (χ3n) is 1.27. The number of rotatable bonds is 2. The molecule has 0 saturated carbocycles. The lowest BCUT2D eigenvalue weighted by Crippen LogP contribution is -2.25. The zero-order valence-electron chi connectivity index (χ0n) is 7.07. The Hall–Kier alpha value is -1.01. The molecule has 0 radical (unpaired) electrons. The van der Waals surface area contributed by atoms with Crippen LogP contribution in [0, 0.1) is 6.92 Å². The number of hydrogen-bond donors (Lipinski definition) is 0. The highest BCUT2D eigenvalue weighted by Gasteiger charge is 2.15. The highest BCUT2D eigenvalue weighted by molar-refractivity contribution is 7.13. The summed E-state index contributed by atoms with van der Waals surface area (Å²) in [4.78, 5) is 16.0. The van der Waals surface area contributed by atoms with Crippen LogP contribution in [-0.2, 0) is 4.84 Å². The van der Waals surface area contributed by atoms with Crippen molar-refractivity contribution in [3.8, 4) is 0 Å². The van der Waals surface area contributed by atoms with Gasteiger partial charge in [0.25, 0.3) is 0 Å². The number of hydrogen-bond acceptors (Lipinski definition) is 5. The van der Waals surface area contributed by atoms with Crippen molar-refractivity contribution >= 4 is 17.2 Å². The van der Waals surface area contributed by atoms with E-state index in [1.165, 1.54) is 25.5 Å². The van der Waals surface area contributed by atoms with Gasteiger partial charge in [-0.25, -0.2) is 5.06 Å². The largest absolute Gasteiger partial charge is 0.308 e. The Labute approximate surface area is 73.9 Å². The van der Waals surface area contributed by atoms with Crippen molar-refractivity contribution in [2.75, 3.05) is 14.2 Å². The Kier molecular flexibility index (Phi) is 2.72. The van der Waals surface area contributed by atoms with Crippen LogP contribution in [-0.4, -0.2) is 35.3 Å². The standard InChI is InChI=1S/C6H9N3O2S/c1-4-7-8-5(12-4)6(10)9(2)11-3/h1-3H3. The molecule has 1 amide bonds. The second-order valence-corrected chi connectivity index (χ2v) is 3.29. The number of carbonyl (C=O) groups excluding carboxylic acids is 1. The van der Waals surface area contributed by atoms with E-state index in [-0.39, 0.29) is 5.91 Å². The van der Waals surface area contributed by atoms with E-state index < -0.39 is 0 Å². The molecule has 1 aromatic heterocycles. The highest BCUT2D eigenvalue weighted by Crippen LogP contribution is 2.09. The van der Waals surface area contributed by atoms with Crippen LogP contribution in [0.5, 0.6) is 0 Å². The van der Waals surface area contributed by atoms with E-state index in [1.54, 1.807) is 6.92 Å². The van der Waals surface area contributed by atoms with Crippen LogP contribution in [0.25, 0.3) is 0 Å². The fourth-order valence-corrected chi connectivity index (χ4v) is 1.26. The van der Waals surface area contributed by atoms with Crippen LogP contribution in [0.1, 0.15) is 14.8 Å². The number of nitrogens with zero attached hydrogens (tertiary/aromatic N) is 3. The normalized spacial score (nSPS) is 9.92. The zero-order valence-corrected chi connectivity index (χ0v) is 7.88. The molecule has 0 aliphatic carbocycles. The number of amides is 1. The summed E-state index contributed by atoms with van der Waals surface area (Å²) in [5.41, 5.74) is 0. The van der Waals surface area contributed by atoms with E-state index in [1.807, 2.05) is 0 Å². The predicted molar refractivity (Wildman–Crippen MR) is 43.7 cm³/mol. The van der Waals surface area contributed by atoms with Gasteiger partial charge in [-0.1, -0.05) is 11.3 Å². The Bertz CT molecular complexity index is 286. The summed E-state index contributed by atoms with van der Waals surface area (Å²) in [6.07, 6.45) is 0. The minimum Gasteiger partial charge on any atom is -0.274 e. The smallest absolute Gasteiger partial charge is 0.274 e. The summed E-state index contributed by atoms with van der Waals surface area (Å²) in [5, 5.41) is 9.62. The van der Waals surface area contributed by atoms with Crippen molar-refractivity contribution in [1.29, 1.82) is 0 Å². The third-order valence-corrected chi connectivity index (χ3v) is 2.10. The van der Waals surface area contributed by atoms with Gasteiger partial charge in [-0.2, -0.15) is 0 Å². The van der Waals surface area contributed by atoms with Crippen LogP contribution in [0.3, 0.4) is 0 Å². The lowest BCUT2D eigenvalue weighted by Gasteiger charge is -2.10. The third kappa shape index (κ3) is 1.77. The van der Waals surface area contributed by atoms with Gasteiger partial charge in [-0.05, 0) is 6.92 Å². The van der Waals surface area contributed by atoms with Gasteiger partial charge in [-0.15, -0.1) is 10.2 Å². The quantitative estimate of drug-likeness (QED) is 0.632. The first-order valence-electron chi connectivity index (χ1n) is 3.27. The first-order valence-corrected chi connectivity index (χ1v) is 4.09. The Morgan fingerprint density at radius 3 is 2.67 bits per heavy atom. The maximum atomic E-state index is 11.3. The topological polar surface area (TPSA) is 55.3 Å². The fraction of sp³-hybridized carbons (Fsp3) is 0.500. The molecule has 0 spiro atoms. The molecule has 0 aromatic carbocycles. The molecule has 66 valence electrons. The van der Waals surface area contributed by atoms with Crippen molar-refractivity contribution in [2.24, 2.45) is 0 Å². The van der Waals surface area contributed by atoms with E-state index in [9.17, 15) is 4.79 Å². The van der Waals surface area contributed by atoms with Crippen molar-refractivity contribution in [2.45, 2.75) is 6.92 Å². The summed E-state index contributed by atoms with van der Waals surface area (Å²) in [6.45, 7) is 1.79. The zero-order chi connectivity index (χ0) is 9.14. The molecular formula is C6H9N3O2S. The molecule has 0 N–H and O–H groups in total. The highest BCUT2D eigenvalue weighted by atomic mass is 32.1. The molecular weight excluding hydrogens is 178 g/mol. The number of aryl methyl sites for hydroxylation is 1. The number of carbonyl (C=O) groups is 1. The Morgan fingerprint density at radius 2 is 2.25 bits per heavy atom. The average Bonchev–Trinajstić information content (AvgIpc) is 2.49. The van der Waals surface area contributed by atoms with Gasteiger partial charge >= 0.3 is 5.91 Å². The molecule has 1 rings (SSSR count). The SMILES string of the molecule is CON(C)C(=O)c1nnc(C)s1. The molecule has 12 heavy (non-hydrogen) atoms. The minimum atomic E-state index is -0.275. The van der Waals surface area contributed by atoms with Gasteiger partial charge in [0.15, 0.2) is 0 Å². The van der Waals surface area contributed by atoms with Gasteiger partial charge in [0.05, 0.1) is 7.11 Å². The van der Waals surface area contributed by atoms with Crippen LogP contribution in [0.2, 0.25) is 0 Å². The molecule has 0 saturated heterocycles. The van der Waals surface area contributed by atoms with Gasteiger partial charge < -0.3 is 0 Å². The Morgan fingerprint density at radius 1 is 1.58 bits per heavy atom. The number of aromatic nitrogens is 2. The van der Waals surface area contributed by atoms with E-state index >= 15 is 0 Å². The average molecular weight is 187 g/mol. The maximum absolute atomic E-state index is 11.3. The van der Waals surface area contributed by atoms with Gasteiger partial charge in [-0.3, -0.25) is 9.63 Å². The van der Waals surface area contributed by atoms with Gasteiger partial charge in [0, 0.05) is 7.05 Å². The summed E-state index contributed by atoms with van der Waals surface area (Å²) in [6, 6.07) is 0. The van der Waals surface area contributed by atoms with E-state index in [2.05, 4.69) is 10.2 Å². The molecule has 0 aliphatic heterocycles. The summed E-state index contributed by atoms with van der Waals surface area (Å²) in [5.74, 6) is -0.275. The summed E-state index contributed by atoms with van der Waals surface area (Å²) < 4.78 is 0. The molecule has 6 heteroatoms. The second-order valence-electron chi connectivity index (χ2n) is 2.11. The molecule has 5 nitrogen and oxygen atoms in total. The lowest BCUT2D eigenvalue weighted by molar-refractivity contribution is -0.0757. The van der Waals surface area contributed by atoms with Gasteiger partial charge in [0.2, 0.25) is 5.01 Å². The van der Waals surface area contributed by atoms with Crippen molar-refractivity contribution in [1.82, 2.24) is 15.3 Å². The summed E-state index contributed by atoms with van der Waals surface area (Å²) >= 11 is 1.25. The molecule has 1 heterocycles. The van der Waals surface area contributed by atoms with Crippen molar-refractivity contribution in [3.05, 3.63) is 10.0 Å². The van der Waals surface area contributed by atoms with Crippen LogP contribution in [0.15, 0.2) is 0 Å². The molecule has 0 aliphatic rings. The van der Waals surface area contributed by atoms with Crippen LogP contribution < -0.4 is 0 Å². The van der Waals surface area contributed by atoms with Crippen LogP contribution >= 0.6 is 11.3 Å². The van der Waals surface area contributed by atoms with Gasteiger partial charge in [0.1, 0.15) is 5.01 Å². The number of hydroxylamine groups is 2. The molecule has 0 bridgehead atoms. The molecule has 0 atom stereocenters. The first-order chi connectivity index (χ1) is 5.65. The first kappa shape index (κ1) is 9.08. The maximum Gasteiger partial charge on any atom is 0.308 e. The van der Waals surface area contributed by atoms with E-state index in [4.69, 9.17) is 4.84 Å². The van der Waals surface area contributed by atoms with Crippen molar-refractivity contribution in [3.63, 3.8) is 0 Å². The minimum absolute atomic E-state index is 0.275. The lowest BCUT2D eigenvalue weighted by atomic mass is 10.6. The monoisotopic (exact) mass is 187 g/mol. The summed E-state index contributed by atoms with van der Waals surface area (Å²) in [7, 11) is 2.95. The fourth-order valence-electron chi connectivity index (χ4n) is 0.601. The van der Waals surface area contributed by atoms with Crippen molar-refractivity contribution < 1.29 is 9.63 Å². The molecule has 1 aromatic rings. The molecule has 0 unspecified atom stereocenters. The van der Waals surface area contributed by atoms with Crippen LogP contribution in [0.4, 0.5) is 0 Å². The molecule has 0 fully saturated rings. The van der Waals surface area contributed by atoms with E-state index in [0.717, 1.165) is 10.1 Å². The second kappa shape index (κ2) is 3.59.